The van der Waals surface area contributed by atoms with Crippen molar-refractivity contribution in [2.24, 2.45) is 0 Å². The Hall–Kier alpha value is -1.62. The zero-order valence-electron chi connectivity index (χ0n) is 12.9. The maximum Gasteiger partial charge on any atom is 0.411 e. The third-order valence-corrected chi connectivity index (χ3v) is 4.39. The lowest BCUT2D eigenvalue weighted by Crippen LogP contribution is -2.40. The Morgan fingerprint density at radius 3 is 2.68 bits per heavy atom. The Morgan fingerprint density at radius 1 is 1.36 bits per heavy atom. The van der Waals surface area contributed by atoms with E-state index in [0.29, 0.717) is 11.6 Å². The number of hydrogen-bond acceptors (Lipinski definition) is 4. The molecule has 0 aromatic carbocycles. The molecule has 2 fully saturated rings. The van der Waals surface area contributed by atoms with Crippen molar-refractivity contribution in [2.75, 3.05) is 0 Å². The van der Waals surface area contributed by atoms with Crippen LogP contribution in [0.4, 0.5) is 4.79 Å². The summed E-state index contributed by atoms with van der Waals surface area (Å²) in [6.45, 7) is 5.47. The van der Waals surface area contributed by atoms with Gasteiger partial charge < -0.3 is 4.74 Å². The summed E-state index contributed by atoms with van der Waals surface area (Å²) in [5.74, 6) is -0.248. The summed E-state index contributed by atoms with van der Waals surface area (Å²) in [6.07, 6.45) is 2.74. The molecule has 22 heavy (non-hydrogen) atoms. The predicted octanol–water partition coefficient (Wildman–Crippen LogP) is 3.17. The first-order valence-electron chi connectivity index (χ1n) is 7.44. The highest BCUT2D eigenvalue weighted by Crippen LogP contribution is 2.44. The summed E-state index contributed by atoms with van der Waals surface area (Å²) in [6, 6.07) is 2.97. The number of amides is 1. The number of fused-ring (bicyclic) bond motifs is 2. The van der Waals surface area contributed by atoms with Crippen LogP contribution in [0.15, 0.2) is 18.3 Å². The molecule has 2 aliphatic rings. The molecule has 0 unspecified atom stereocenters. The average Bonchev–Trinajstić information content (AvgIpc) is 2.94. The van der Waals surface area contributed by atoms with Gasteiger partial charge in [0, 0.05) is 12.2 Å². The van der Waals surface area contributed by atoms with Crippen LogP contribution in [0.1, 0.15) is 45.1 Å². The molecule has 3 atom stereocenters. The first-order valence-corrected chi connectivity index (χ1v) is 7.82. The Balaban J connectivity index is 1.86. The molecule has 0 saturated carbocycles. The number of hydrogen-bond donors (Lipinski definition) is 0. The average molecular weight is 323 g/mol. The van der Waals surface area contributed by atoms with Gasteiger partial charge in [-0.2, -0.15) is 0 Å². The predicted molar refractivity (Wildman–Crippen MR) is 81.9 cm³/mol. The summed E-state index contributed by atoms with van der Waals surface area (Å²) in [7, 11) is 0. The van der Waals surface area contributed by atoms with Crippen molar-refractivity contribution < 1.29 is 14.3 Å². The Labute approximate surface area is 134 Å². The molecule has 2 saturated heterocycles. The van der Waals surface area contributed by atoms with Crippen LogP contribution in [0.5, 0.6) is 0 Å². The Morgan fingerprint density at radius 2 is 2.09 bits per heavy atom. The second kappa shape index (κ2) is 5.23. The number of rotatable bonds is 1. The number of nitrogens with zero attached hydrogens (tertiary/aromatic N) is 2. The molecule has 6 heteroatoms. The normalized spacial score (nSPS) is 27.4. The van der Waals surface area contributed by atoms with E-state index in [0.717, 1.165) is 12.0 Å². The number of carbonyl (C=O) groups is 2. The SMILES string of the molecule is CC(C)(C)OC(=O)N1[C@@H]2CC[C@H]1C(=O)[C@H]2c1ccc(Cl)nc1. The van der Waals surface area contributed by atoms with E-state index < -0.39 is 11.7 Å². The van der Waals surface area contributed by atoms with Crippen molar-refractivity contribution in [3.05, 3.63) is 29.0 Å². The van der Waals surface area contributed by atoms with Crippen LogP contribution in [0.2, 0.25) is 5.15 Å². The van der Waals surface area contributed by atoms with E-state index in [9.17, 15) is 9.59 Å². The molecule has 1 amide bonds. The number of carbonyl (C=O) groups excluding carboxylic acids is 2. The van der Waals surface area contributed by atoms with E-state index in [-0.39, 0.29) is 23.8 Å². The van der Waals surface area contributed by atoms with Gasteiger partial charge in [-0.15, -0.1) is 0 Å². The molecule has 2 aliphatic heterocycles. The lowest BCUT2D eigenvalue weighted by atomic mass is 9.83. The molecule has 0 aliphatic carbocycles. The highest BCUT2D eigenvalue weighted by Gasteiger charge is 2.56. The molecule has 0 N–H and O–H groups in total. The molecule has 0 spiro atoms. The van der Waals surface area contributed by atoms with Gasteiger partial charge in [0.15, 0.2) is 5.78 Å². The lowest BCUT2D eigenvalue weighted by molar-refractivity contribution is -0.121. The van der Waals surface area contributed by atoms with Crippen LogP contribution in [-0.2, 0) is 9.53 Å². The minimum atomic E-state index is -0.570. The maximum absolute atomic E-state index is 12.6. The van der Waals surface area contributed by atoms with Crippen LogP contribution in [0, 0.1) is 0 Å². The quantitative estimate of drug-likeness (QED) is 0.745. The van der Waals surface area contributed by atoms with Crippen LogP contribution < -0.4 is 0 Å². The van der Waals surface area contributed by atoms with Gasteiger partial charge in [0.2, 0.25) is 0 Å². The number of pyridine rings is 1. The molecule has 0 radical (unpaired) electrons. The fourth-order valence-electron chi connectivity index (χ4n) is 3.38. The maximum atomic E-state index is 12.6. The van der Waals surface area contributed by atoms with Crippen LogP contribution in [-0.4, -0.2) is 39.4 Å². The van der Waals surface area contributed by atoms with E-state index in [1.165, 1.54) is 0 Å². The Kier molecular flexibility index (Phi) is 3.63. The van der Waals surface area contributed by atoms with Crippen molar-refractivity contribution in [1.82, 2.24) is 9.88 Å². The van der Waals surface area contributed by atoms with E-state index >= 15 is 0 Å². The van der Waals surface area contributed by atoms with Gasteiger partial charge in [-0.1, -0.05) is 17.7 Å². The topological polar surface area (TPSA) is 59.5 Å². The monoisotopic (exact) mass is 322 g/mol. The molecule has 1 aromatic heterocycles. The zero-order chi connectivity index (χ0) is 16.1. The first-order chi connectivity index (χ1) is 10.3. The van der Waals surface area contributed by atoms with E-state index in [4.69, 9.17) is 16.3 Å². The van der Waals surface area contributed by atoms with Crippen LogP contribution in [0.3, 0.4) is 0 Å². The number of ketones is 1. The fraction of sp³-hybridized carbons (Fsp3) is 0.562. The van der Waals surface area contributed by atoms with Gasteiger partial charge in [0.05, 0.1) is 12.0 Å². The standard InChI is InChI=1S/C16H19ClN2O3/c1-16(2,3)22-15(21)19-10-5-6-11(19)14(20)13(10)9-4-7-12(17)18-8-9/h4,7-8,10-11,13H,5-6H2,1-3H3/t10-,11+,13+/m1/s1. The van der Waals surface area contributed by atoms with Crippen LogP contribution in [0.25, 0.3) is 0 Å². The zero-order valence-corrected chi connectivity index (χ0v) is 13.6. The second-order valence-corrected chi connectivity index (χ2v) is 7.23. The van der Waals surface area contributed by atoms with Gasteiger partial charge in [0.25, 0.3) is 0 Å². The lowest BCUT2D eigenvalue weighted by Gasteiger charge is -2.27. The third-order valence-electron chi connectivity index (χ3n) is 4.16. The molecule has 118 valence electrons. The summed E-state index contributed by atoms with van der Waals surface area (Å²) in [4.78, 5) is 30.7. The number of Topliss-reactive ketones (excluding diaryl/α,β-unsaturated/α-hetero) is 1. The van der Waals surface area contributed by atoms with E-state index in [1.807, 2.05) is 26.8 Å². The van der Waals surface area contributed by atoms with Crippen molar-refractivity contribution in [3.8, 4) is 0 Å². The van der Waals surface area contributed by atoms with Gasteiger partial charge in [-0.05, 0) is 45.2 Å². The minimum absolute atomic E-state index is 0.0752. The molecule has 3 rings (SSSR count). The van der Waals surface area contributed by atoms with Gasteiger partial charge in [0.1, 0.15) is 10.8 Å². The largest absolute Gasteiger partial charge is 0.444 e. The van der Waals surface area contributed by atoms with E-state index in [2.05, 4.69) is 4.98 Å². The molecule has 5 nitrogen and oxygen atoms in total. The Bertz CT molecular complexity index is 609. The van der Waals surface area contributed by atoms with Crippen molar-refractivity contribution in [1.29, 1.82) is 0 Å². The molecular formula is C16H19ClN2O3. The van der Waals surface area contributed by atoms with Gasteiger partial charge >= 0.3 is 6.09 Å². The number of halogens is 1. The van der Waals surface area contributed by atoms with Crippen molar-refractivity contribution >= 4 is 23.5 Å². The third kappa shape index (κ3) is 2.58. The van der Waals surface area contributed by atoms with Crippen molar-refractivity contribution in [2.45, 2.75) is 57.2 Å². The first kappa shape index (κ1) is 15.3. The summed E-state index contributed by atoms with van der Waals surface area (Å²) in [5.41, 5.74) is 0.245. The summed E-state index contributed by atoms with van der Waals surface area (Å²) < 4.78 is 5.45. The van der Waals surface area contributed by atoms with E-state index in [1.54, 1.807) is 17.2 Å². The fourth-order valence-corrected chi connectivity index (χ4v) is 3.49. The van der Waals surface area contributed by atoms with Crippen LogP contribution >= 0.6 is 11.6 Å². The van der Waals surface area contributed by atoms with Gasteiger partial charge in [-0.25, -0.2) is 9.78 Å². The molecule has 2 bridgehead atoms. The summed E-state index contributed by atoms with van der Waals surface area (Å²) in [5, 5.41) is 0.392. The smallest absolute Gasteiger partial charge is 0.411 e. The number of ether oxygens (including phenoxy) is 1. The molecule has 3 heterocycles. The number of aromatic nitrogens is 1. The molecule has 1 aromatic rings. The van der Waals surface area contributed by atoms with Crippen molar-refractivity contribution in [3.63, 3.8) is 0 Å². The minimum Gasteiger partial charge on any atom is -0.444 e. The highest BCUT2D eigenvalue weighted by atomic mass is 35.5. The summed E-state index contributed by atoms with van der Waals surface area (Å²) >= 11 is 5.80. The highest BCUT2D eigenvalue weighted by molar-refractivity contribution is 6.29. The van der Waals surface area contributed by atoms with Gasteiger partial charge in [-0.3, -0.25) is 9.69 Å². The molecular weight excluding hydrogens is 304 g/mol. The second-order valence-electron chi connectivity index (χ2n) is 6.84.